The molecule has 1 saturated carbocycles. The minimum absolute atomic E-state index is 0.0429. The van der Waals surface area contributed by atoms with Crippen LogP contribution in [0.4, 0.5) is 11.5 Å². The van der Waals surface area contributed by atoms with Gasteiger partial charge in [-0.15, -0.1) is 0 Å². The molecule has 1 aliphatic rings. The zero-order valence-corrected chi connectivity index (χ0v) is 11.0. The third-order valence-electron chi connectivity index (χ3n) is 3.62. The summed E-state index contributed by atoms with van der Waals surface area (Å²) in [4.78, 5) is 14.5. The van der Waals surface area contributed by atoms with Crippen LogP contribution in [0.25, 0.3) is 0 Å². The van der Waals surface area contributed by atoms with Crippen molar-refractivity contribution >= 4 is 11.5 Å². The number of nitro groups is 1. The molecule has 0 aromatic carbocycles. The molecule has 0 bridgehead atoms. The Hall–Kier alpha value is -1.69. The van der Waals surface area contributed by atoms with Gasteiger partial charge in [-0.05, 0) is 31.2 Å². The maximum atomic E-state index is 10.9. The van der Waals surface area contributed by atoms with E-state index >= 15 is 0 Å². The maximum Gasteiger partial charge on any atom is 0.311 e. The fourth-order valence-corrected chi connectivity index (χ4v) is 2.54. The third kappa shape index (κ3) is 3.41. The van der Waals surface area contributed by atoms with Crippen molar-refractivity contribution in [1.29, 1.82) is 0 Å². The predicted molar refractivity (Wildman–Crippen MR) is 72.1 cm³/mol. The average Bonchev–Trinajstić information content (AvgIpc) is 2.90. The highest BCUT2D eigenvalue weighted by Crippen LogP contribution is 2.28. The van der Waals surface area contributed by atoms with Crippen LogP contribution < -0.4 is 5.32 Å². The van der Waals surface area contributed by atoms with Gasteiger partial charge >= 0.3 is 5.69 Å². The van der Waals surface area contributed by atoms with E-state index in [1.807, 2.05) is 0 Å². The first-order valence-electron chi connectivity index (χ1n) is 6.61. The molecule has 1 heterocycles. The first-order valence-corrected chi connectivity index (χ1v) is 6.61. The van der Waals surface area contributed by atoms with Crippen LogP contribution in [0, 0.1) is 23.0 Å². The topological polar surface area (TPSA) is 88.3 Å². The number of aliphatic hydroxyl groups excluding tert-OH is 1. The smallest absolute Gasteiger partial charge is 0.311 e. The van der Waals surface area contributed by atoms with Gasteiger partial charge in [-0.2, -0.15) is 0 Å². The minimum Gasteiger partial charge on any atom is -0.391 e. The van der Waals surface area contributed by atoms with E-state index in [0.717, 1.165) is 31.2 Å². The van der Waals surface area contributed by atoms with Gasteiger partial charge in [0, 0.05) is 18.8 Å². The summed E-state index contributed by atoms with van der Waals surface area (Å²) in [7, 11) is 0. The monoisotopic (exact) mass is 265 g/mol. The molecule has 1 fully saturated rings. The molecule has 0 spiro atoms. The van der Waals surface area contributed by atoms with Crippen molar-refractivity contribution in [3.63, 3.8) is 0 Å². The van der Waals surface area contributed by atoms with Gasteiger partial charge in [-0.1, -0.05) is 12.8 Å². The number of hydrogen-bond acceptors (Lipinski definition) is 5. The highest BCUT2D eigenvalue weighted by molar-refractivity contribution is 5.56. The van der Waals surface area contributed by atoms with Crippen LogP contribution in [-0.2, 0) is 0 Å². The van der Waals surface area contributed by atoms with Crippen LogP contribution in [-0.4, -0.2) is 27.7 Å². The van der Waals surface area contributed by atoms with E-state index in [-0.39, 0.29) is 11.5 Å². The third-order valence-corrected chi connectivity index (χ3v) is 3.62. The first kappa shape index (κ1) is 13.7. The first-order chi connectivity index (χ1) is 9.08. The zero-order valence-electron chi connectivity index (χ0n) is 11.0. The lowest BCUT2D eigenvalue weighted by Gasteiger charge is -2.18. The molecule has 2 N–H and O–H groups in total. The summed E-state index contributed by atoms with van der Waals surface area (Å²) in [5, 5.41) is 23.9. The van der Waals surface area contributed by atoms with Crippen molar-refractivity contribution in [2.24, 2.45) is 5.92 Å². The van der Waals surface area contributed by atoms with Crippen molar-refractivity contribution < 1.29 is 10.0 Å². The van der Waals surface area contributed by atoms with Crippen LogP contribution in [0.5, 0.6) is 0 Å². The fourth-order valence-electron chi connectivity index (χ4n) is 2.54. The summed E-state index contributed by atoms with van der Waals surface area (Å²) >= 11 is 0. The zero-order chi connectivity index (χ0) is 13.8. The Bertz CT molecular complexity index is 458. The summed E-state index contributed by atoms with van der Waals surface area (Å²) in [6, 6.07) is 1.48. The van der Waals surface area contributed by atoms with E-state index in [0.29, 0.717) is 12.5 Å². The van der Waals surface area contributed by atoms with Gasteiger partial charge in [-0.3, -0.25) is 10.1 Å². The van der Waals surface area contributed by atoms with Gasteiger partial charge < -0.3 is 10.4 Å². The minimum atomic E-state index is -0.467. The van der Waals surface area contributed by atoms with E-state index in [1.165, 1.54) is 6.07 Å². The second kappa shape index (κ2) is 5.97. The quantitative estimate of drug-likeness (QED) is 0.629. The molecule has 104 valence electrons. The van der Waals surface area contributed by atoms with Crippen LogP contribution in [0.2, 0.25) is 0 Å². The Morgan fingerprint density at radius 1 is 1.58 bits per heavy atom. The van der Waals surface area contributed by atoms with Crippen molar-refractivity contribution in [3.05, 3.63) is 27.9 Å². The number of aliphatic hydroxyl groups is 1. The number of aromatic nitrogens is 1. The van der Waals surface area contributed by atoms with Gasteiger partial charge in [0.25, 0.3) is 0 Å². The lowest BCUT2D eigenvalue weighted by atomic mass is 10.0. The highest BCUT2D eigenvalue weighted by Gasteiger charge is 2.24. The molecule has 6 heteroatoms. The van der Waals surface area contributed by atoms with E-state index < -0.39 is 11.0 Å². The van der Waals surface area contributed by atoms with E-state index in [1.54, 1.807) is 13.1 Å². The van der Waals surface area contributed by atoms with Gasteiger partial charge in [0.05, 0.1) is 11.0 Å². The maximum absolute atomic E-state index is 10.9. The summed E-state index contributed by atoms with van der Waals surface area (Å²) in [5.74, 6) is 0.532. The van der Waals surface area contributed by atoms with Crippen LogP contribution >= 0.6 is 0 Å². The Morgan fingerprint density at radius 2 is 2.26 bits per heavy atom. The molecule has 1 unspecified atom stereocenters. The Balaban J connectivity index is 2.00. The van der Waals surface area contributed by atoms with Gasteiger partial charge in [0.15, 0.2) is 0 Å². The second-order valence-corrected chi connectivity index (χ2v) is 5.13. The number of nitrogens with one attached hydrogen (secondary N) is 1. The average molecular weight is 265 g/mol. The number of pyridine rings is 1. The number of nitrogens with zero attached hydrogens (tertiary/aromatic N) is 2. The van der Waals surface area contributed by atoms with Gasteiger partial charge in [-0.25, -0.2) is 4.98 Å². The molecule has 6 nitrogen and oxygen atoms in total. The van der Waals surface area contributed by atoms with Crippen molar-refractivity contribution in [3.8, 4) is 0 Å². The van der Waals surface area contributed by atoms with Crippen LogP contribution in [0.15, 0.2) is 12.3 Å². The number of aryl methyl sites for hydroxylation is 1. The SMILES string of the molecule is Cc1cnc(NCC(O)C2CCCC2)c([N+](=O)[O-])c1. The predicted octanol–water partition coefficient (Wildman–Crippen LogP) is 2.26. The lowest BCUT2D eigenvalue weighted by Crippen LogP contribution is -2.27. The lowest BCUT2D eigenvalue weighted by molar-refractivity contribution is -0.384. The summed E-state index contributed by atoms with van der Waals surface area (Å²) in [5.41, 5.74) is 0.701. The second-order valence-electron chi connectivity index (χ2n) is 5.13. The summed E-state index contributed by atoms with van der Waals surface area (Å²) < 4.78 is 0. The van der Waals surface area contributed by atoms with Crippen molar-refractivity contribution in [2.45, 2.75) is 38.7 Å². The Morgan fingerprint density at radius 3 is 2.89 bits per heavy atom. The van der Waals surface area contributed by atoms with E-state index in [2.05, 4.69) is 10.3 Å². The van der Waals surface area contributed by atoms with Gasteiger partial charge in [0.2, 0.25) is 5.82 Å². The number of hydrogen-bond donors (Lipinski definition) is 2. The molecule has 2 rings (SSSR count). The molecule has 0 saturated heterocycles. The van der Waals surface area contributed by atoms with Gasteiger partial charge in [0.1, 0.15) is 0 Å². The summed E-state index contributed by atoms with van der Waals surface area (Å²) in [6.45, 7) is 2.07. The van der Waals surface area contributed by atoms with E-state index in [9.17, 15) is 15.2 Å². The molecule has 1 aliphatic carbocycles. The Labute approximate surface area is 112 Å². The van der Waals surface area contributed by atoms with Crippen LogP contribution in [0.3, 0.4) is 0 Å². The molecule has 1 aromatic rings. The van der Waals surface area contributed by atoms with Crippen molar-refractivity contribution in [2.75, 3.05) is 11.9 Å². The number of anilines is 1. The molecule has 1 aromatic heterocycles. The molecule has 19 heavy (non-hydrogen) atoms. The molecule has 0 radical (unpaired) electrons. The number of rotatable bonds is 5. The normalized spacial score (nSPS) is 17.4. The van der Waals surface area contributed by atoms with Crippen molar-refractivity contribution in [1.82, 2.24) is 4.98 Å². The highest BCUT2D eigenvalue weighted by atomic mass is 16.6. The largest absolute Gasteiger partial charge is 0.391 e. The molecule has 1 atom stereocenters. The Kier molecular flexibility index (Phi) is 4.31. The summed E-state index contributed by atoms with van der Waals surface area (Å²) in [6.07, 6.45) is 5.50. The molecule has 0 amide bonds. The molecular formula is C13H19N3O3. The molecule has 0 aliphatic heterocycles. The van der Waals surface area contributed by atoms with Crippen LogP contribution in [0.1, 0.15) is 31.2 Å². The fraction of sp³-hybridized carbons (Fsp3) is 0.615. The van der Waals surface area contributed by atoms with E-state index in [4.69, 9.17) is 0 Å². The molecular weight excluding hydrogens is 246 g/mol. The standard InChI is InChI=1S/C13H19N3O3/c1-9-6-11(16(18)19)13(14-7-9)15-8-12(17)10-4-2-3-5-10/h6-7,10,12,17H,2-5,8H2,1H3,(H,14,15).